The van der Waals surface area contributed by atoms with Crippen LogP contribution in [0.1, 0.15) is 37.8 Å². The lowest BCUT2D eigenvalue weighted by molar-refractivity contribution is -0.253. The van der Waals surface area contributed by atoms with Crippen LogP contribution in [-0.2, 0) is 23.9 Å². The first-order valence-electron chi connectivity index (χ1n) is 8.52. The molecule has 0 N–H and O–H groups in total. The molecule has 4 atom stereocenters. The van der Waals surface area contributed by atoms with Crippen LogP contribution in [0.2, 0.25) is 0 Å². The Morgan fingerprint density at radius 1 is 1.38 bits per heavy atom. The largest absolute Gasteiger partial charge is 0.464 e. The summed E-state index contributed by atoms with van der Waals surface area (Å²) >= 11 is 0. The van der Waals surface area contributed by atoms with Gasteiger partial charge in [-0.1, -0.05) is 36.8 Å². The molecule has 0 unspecified atom stereocenters. The molecule has 6 heteroatoms. The number of esters is 2. The van der Waals surface area contributed by atoms with Crippen molar-refractivity contribution >= 4 is 11.9 Å². The first-order valence-corrected chi connectivity index (χ1v) is 8.52. The molecule has 128 valence electrons. The molecule has 1 aromatic carbocycles. The molecule has 2 saturated heterocycles. The average Bonchev–Trinajstić information content (AvgIpc) is 3.13. The average molecular weight is 331 g/mol. The Bertz CT molecular complexity index is 648. The summed E-state index contributed by atoms with van der Waals surface area (Å²) in [5, 5.41) is 1.74. The number of carbonyl (C=O) groups is 2. The fraction of sp³-hybridized carbons (Fsp3) is 0.556. The molecule has 0 radical (unpaired) electrons. The molecule has 1 spiro atoms. The minimum absolute atomic E-state index is 0.00383. The van der Waals surface area contributed by atoms with Crippen LogP contribution < -0.4 is 0 Å². The van der Waals surface area contributed by atoms with Crippen LogP contribution in [-0.4, -0.2) is 41.9 Å². The Kier molecular flexibility index (Phi) is 3.81. The fourth-order valence-electron chi connectivity index (χ4n) is 4.36. The van der Waals surface area contributed by atoms with E-state index in [1.165, 1.54) is 0 Å². The molecular formula is C18H21NO5. The van der Waals surface area contributed by atoms with E-state index in [4.69, 9.17) is 14.3 Å². The molecule has 24 heavy (non-hydrogen) atoms. The third-order valence-electron chi connectivity index (χ3n) is 5.40. The molecule has 3 fully saturated rings. The highest BCUT2D eigenvalue weighted by Gasteiger charge is 2.65. The van der Waals surface area contributed by atoms with Crippen molar-refractivity contribution in [2.75, 3.05) is 13.2 Å². The summed E-state index contributed by atoms with van der Waals surface area (Å²) < 4.78 is 10.7. The molecule has 0 aromatic heterocycles. The van der Waals surface area contributed by atoms with Crippen molar-refractivity contribution in [3.63, 3.8) is 0 Å². The van der Waals surface area contributed by atoms with Crippen LogP contribution in [0.25, 0.3) is 0 Å². The molecule has 1 aliphatic carbocycles. The van der Waals surface area contributed by atoms with Gasteiger partial charge in [-0.2, -0.15) is 5.06 Å². The Balaban J connectivity index is 1.72. The van der Waals surface area contributed by atoms with Gasteiger partial charge in [0.05, 0.1) is 12.1 Å². The highest BCUT2D eigenvalue weighted by Crippen LogP contribution is 2.54. The third kappa shape index (κ3) is 2.17. The van der Waals surface area contributed by atoms with Gasteiger partial charge in [-0.25, -0.2) is 9.59 Å². The Labute approximate surface area is 140 Å². The van der Waals surface area contributed by atoms with Crippen LogP contribution in [0, 0.1) is 5.92 Å². The van der Waals surface area contributed by atoms with Crippen molar-refractivity contribution < 1.29 is 23.9 Å². The number of benzene rings is 1. The Morgan fingerprint density at radius 2 is 2.17 bits per heavy atom. The molecule has 1 saturated carbocycles. The fourth-order valence-corrected chi connectivity index (χ4v) is 4.36. The van der Waals surface area contributed by atoms with E-state index in [-0.39, 0.29) is 24.5 Å². The number of morpholine rings is 1. The van der Waals surface area contributed by atoms with Gasteiger partial charge in [-0.3, -0.25) is 4.84 Å². The predicted octanol–water partition coefficient (Wildman–Crippen LogP) is 2.00. The second-order valence-electron chi connectivity index (χ2n) is 6.63. The summed E-state index contributed by atoms with van der Waals surface area (Å²) in [4.78, 5) is 30.9. The van der Waals surface area contributed by atoms with Crippen molar-refractivity contribution in [3.8, 4) is 0 Å². The highest BCUT2D eigenvalue weighted by molar-refractivity contribution is 5.80. The van der Waals surface area contributed by atoms with Crippen molar-refractivity contribution in [2.45, 2.75) is 43.9 Å². The maximum absolute atomic E-state index is 12.5. The summed E-state index contributed by atoms with van der Waals surface area (Å²) in [5.74, 6) is -0.685. The minimum Gasteiger partial charge on any atom is -0.464 e. The van der Waals surface area contributed by atoms with Gasteiger partial charge in [0.25, 0.3) is 0 Å². The molecule has 0 amide bonds. The molecular weight excluding hydrogens is 310 g/mol. The molecule has 1 aromatic rings. The first kappa shape index (κ1) is 15.6. The molecule has 2 heterocycles. The first-order chi connectivity index (χ1) is 11.7. The Hall–Kier alpha value is -1.92. The van der Waals surface area contributed by atoms with E-state index in [1.807, 2.05) is 30.3 Å². The van der Waals surface area contributed by atoms with Gasteiger partial charge in [-0.15, -0.1) is 0 Å². The van der Waals surface area contributed by atoms with Gasteiger partial charge in [0, 0.05) is 5.92 Å². The number of hydrogen-bond donors (Lipinski definition) is 0. The van der Waals surface area contributed by atoms with Gasteiger partial charge in [0.1, 0.15) is 6.61 Å². The van der Waals surface area contributed by atoms with E-state index in [9.17, 15) is 9.59 Å². The second-order valence-corrected chi connectivity index (χ2v) is 6.63. The summed E-state index contributed by atoms with van der Waals surface area (Å²) in [6.45, 7) is 2.37. The number of rotatable bonds is 3. The van der Waals surface area contributed by atoms with Gasteiger partial charge in [-0.05, 0) is 25.3 Å². The van der Waals surface area contributed by atoms with Crippen molar-refractivity contribution in [1.29, 1.82) is 0 Å². The van der Waals surface area contributed by atoms with E-state index in [0.717, 1.165) is 24.8 Å². The van der Waals surface area contributed by atoms with Gasteiger partial charge in [0.2, 0.25) is 0 Å². The monoisotopic (exact) mass is 331 g/mol. The van der Waals surface area contributed by atoms with Crippen LogP contribution in [0.3, 0.4) is 0 Å². The number of hydroxylamine groups is 2. The topological polar surface area (TPSA) is 65.1 Å². The van der Waals surface area contributed by atoms with Gasteiger partial charge in [0.15, 0.2) is 12.1 Å². The maximum atomic E-state index is 12.5. The smallest absolute Gasteiger partial charge is 0.337 e. The van der Waals surface area contributed by atoms with Crippen molar-refractivity contribution in [2.24, 2.45) is 5.92 Å². The Morgan fingerprint density at radius 3 is 2.92 bits per heavy atom. The second kappa shape index (κ2) is 5.86. The predicted molar refractivity (Wildman–Crippen MR) is 83.6 cm³/mol. The molecule has 2 aliphatic heterocycles. The minimum atomic E-state index is -0.659. The van der Waals surface area contributed by atoms with E-state index in [1.54, 1.807) is 12.0 Å². The van der Waals surface area contributed by atoms with Crippen LogP contribution in [0.5, 0.6) is 0 Å². The zero-order valence-electron chi connectivity index (χ0n) is 13.6. The maximum Gasteiger partial charge on any atom is 0.337 e. The van der Waals surface area contributed by atoms with Crippen molar-refractivity contribution in [3.05, 3.63) is 35.9 Å². The SMILES string of the molecule is CCOC(=O)[C@H]1ON2[C@@H](c3ccccc3)C(=O)OC[C@]23CCC[C@H]13. The van der Waals surface area contributed by atoms with E-state index >= 15 is 0 Å². The summed E-state index contributed by atoms with van der Waals surface area (Å²) in [6, 6.07) is 8.80. The van der Waals surface area contributed by atoms with E-state index in [2.05, 4.69) is 0 Å². The molecule has 0 bridgehead atoms. The van der Waals surface area contributed by atoms with E-state index in [0.29, 0.717) is 6.61 Å². The van der Waals surface area contributed by atoms with Crippen molar-refractivity contribution in [1.82, 2.24) is 5.06 Å². The zero-order valence-corrected chi connectivity index (χ0v) is 13.6. The number of nitrogens with zero attached hydrogens (tertiary/aromatic N) is 1. The number of ether oxygens (including phenoxy) is 2. The summed E-state index contributed by atoms with van der Waals surface area (Å²) in [6.07, 6.45) is 2.05. The standard InChI is InChI=1S/C18H21NO5/c1-2-22-17(21)15-13-9-6-10-18(13)11-23-16(20)14(19(18)24-15)12-7-4-3-5-8-12/h3-5,7-8,13-15H,2,6,9-11H2,1H3/t13-,14+,15+,18+/m1/s1. The number of hydrogen-bond acceptors (Lipinski definition) is 6. The quantitative estimate of drug-likeness (QED) is 0.790. The lowest BCUT2D eigenvalue weighted by Crippen LogP contribution is -2.56. The molecule has 6 nitrogen and oxygen atoms in total. The summed E-state index contributed by atoms with van der Waals surface area (Å²) in [5.41, 5.74) is 0.392. The van der Waals surface area contributed by atoms with Crippen LogP contribution >= 0.6 is 0 Å². The van der Waals surface area contributed by atoms with Gasteiger partial charge >= 0.3 is 11.9 Å². The number of carbonyl (C=O) groups excluding carboxylic acids is 2. The highest BCUT2D eigenvalue weighted by atomic mass is 16.7. The van der Waals surface area contributed by atoms with Gasteiger partial charge < -0.3 is 9.47 Å². The number of cyclic esters (lactones) is 1. The molecule has 3 aliphatic rings. The lowest BCUT2D eigenvalue weighted by Gasteiger charge is -2.43. The normalized spacial score (nSPS) is 35.2. The lowest BCUT2D eigenvalue weighted by atomic mass is 9.82. The zero-order chi connectivity index (χ0) is 16.7. The van der Waals surface area contributed by atoms with E-state index < -0.39 is 17.7 Å². The summed E-state index contributed by atoms with van der Waals surface area (Å²) in [7, 11) is 0. The molecule has 4 rings (SSSR count). The van der Waals surface area contributed by atoms with Crippen LogP contribution in [0.4, 0.5) is 0 Å². The van der Waals surface area contributed by atoms with Crippen LogP contribution in [0.15, 0.2) is 30.3 Å². The third-order valence-corrected chi connectivity index (χ3v) is 5.40.